The first-order valence-electron chi connectivity index (χ1n) is 7.54. The van der Waals surface area contributed by atoms with Crippen molar-refractivity contribution in [2.75, 3.05) is 0 Å². The van der Waals surface area contributed by atoms with Crippen molar-refractivity contribution in [1.29, 1.82) is 0 Å². The van der Waals surface area contributed by atoms with Crippen LogP contribution in [0.25, 0.3) is 10.9 Å². The van der Waals surface area contributed by atoms with Gasteiger partial charge in [-0.1, -0.05) is 25.3 Å². The SMILES string of the molecule is O=C(NC1CCCCCC1Cl)c1ccc2ncccc2c1. The van der Waals surface area contributed by atoms with Crippen LogP contribution >= 0.6 is 11.6 Å². The van der Waals surface area contributed by atoms with Crippen LogP contribution in [0.4, 0.5) is 0 Å². The Morgan fingerprint density at radius 1 is 1.19 bits per heavy atom. The Balaban J connectivity index is 1.76. The molecule has 1 heterocycles. The van der Waals surface area contributed by atoms with E-state index in [1.807, 2.05) is 30.3 Å². The van der Waals surface area contributed by atoms with E-state index in [2.05, 4.69) is 10.3 Å². The molecule has 1 saturated carbocycles. The molecule has 1 amide bonds. The fraction of sp³-hybridized carbons (Fsp3) is 0.412. The zero-order valence-electron chi connectivity index (χ0n) is 11.9. The molecule has 1 N–H and O–H groups in total. The molecule has 110 valence electrons. The molecule has 0 radical (unpaired) electrons. The van der Waals surface area contributed by atoms with E-state index < -0.39 is 0 Å². The quantitative estimate of drug-likeness (QED) is 0.675. The van der Waals surface area contributed by atoms with E-state index in [0.717, 1.165) is 36.6 Å². The molecule has 1 aliphatic carbocycles. The second-order valence-corrected chi connectivity index (χ2v) is 6.21. The molecular formula is C17H19ClN2O. The number of halogens is 1. The van der Waals surface area contributed by atoms with Gasteiger partial charge in [0.05, 0.1) is 10.9 Å². The Morgan fingerprint density at radius 3 is 2.95 bits per heavy atom. The number of amides is 1. The van der Waals surface area contributed by atoms with Crippen molar-refractivity contribution >= 4 is 28.4 Å². The average molecular weight is 303 g/mol. The number of carbonyl (C=O) groups excluding carboxylic acids is 1. The number of hydrogen-bond acceptors (Lipinski definition) is 2. The lowest BCUT2D eigenvalue weighted by Gasteiger charge is -2.21. The van der Waals surface area contributed by atoms with Crippen LogP contribution in [0.3, 0.4) is 0 Å². The van der Waals surface area contributed by atoms with E-state index in [1.54, 1.807) is 6.20 Å². The largest absolute Gasteiger partial charge is 0.348 e. The van der Waals surface area contributed by atoms with Gasteiger partial charge in [-0.2, -0.15) is 0 Å². The third-order valence-electron chi connectivity index (χ3n) is 4.11. The van der Waals surface area contributed by atoms with Crippen LogP contribution in [-0.4, -0.2) is 22.3 Å². The minimum Gasteiger partial charge on any atom is -0.348 e. The van der Waals surface area contributed by atoms with Crippen LogP contribution in [0.15, 0.2) is 36.5 Å². The number of benzene rings is 1. The van der Waals surface area contributed by atoms with Crippen LogP contribution in [-0.2, 0) is 0 Å². The first kappa shape index (κ1) is 14.3. The topological polar surface area (TPSA) is 42.0 Å². The monoisotopic (exact) mass is 302 g/mol. The summed E-state index contributed by atoms with van der Waals surface area (Å²) >= 11 is 6.39. The van der Waals surface area contributed by atoms with Gasteiger partial charge in [-0.15, -0.1) is 11.6 Å². The van der Waals surface area contributed by atoms with Gasteiger partial charge in [0.2, 0.25) is 0 Å². The molecular weight excluding hydrogens is 284 g/mol. The maximum Gasteiger partial charge on any atom is 0.251 e. The third-order valence-corrected chi connectivity index (χ3v) is 4.64. The lowest BCUT2D eigenvalue weighted by molar-refractivity contribution is 0.0934. The van der Waals surface area contributed by atoms with Crippen molar-refractivity contribution in [3.8, 4) is 0 Å². The van der Waals surface area contributed by atoms with Crippen molar-refractivity contribution in [2.45, 2.75) is 43.5 Å². The summed E-state index contributed by atoms with van der Waals surface area (Å²) in [6.45, 7) is 0. The number of nitrogens with one attached hydrogen (secondary N) is 1. The van der Waals surface area contributed by atoms with Crippen molar-refractivity contribution in [3.63, 3.8) is 0 Å². The summed E-state index contributed by atoms with van der Waals surface area (Å²) in [5.74, 6) is -0.0432. The van der Waals surface area contributed by atoms with Crippen molar-refractivity contribution in [2.24, 2.45) is 0 Å². The molecule has 0 bridgehead atoms. The molecule has 3 nitrogen and oxygen atoms in total. The predicted molar refractivity (Wildman–Crippen MR) is 85.7 cm³/mol. The van der Waals surface area contributed by atoms with Crippen LogP contribution in [0.5, 0.6) is 0 Å². The second kappa shape index (κ2) is 6.44. The number of hydrogen-bond donors (Lipinski definition) is 1. The third kappa shape index (κ3) is 3.35. The molecule has 4 heteroatoms. The lowest BCUT2D eigenvalue weighted by Crippen LogP contribution is -2.40. The Labute approximate surface area is 129 Å². The van der Waals surface area contributed by atoms with Gasteiger partial charge >= 0.3 is 0 Å². The highest BCUT2D eigenvalue weighted by atomic mass is 35.5. The maximum absolute atomic E-state index is 12.4. The lowest BCUT2D eigenvalue weighted by atomic mass is 10.1. The van der Waals surface area contributed by atoms with Crippen LogP contribution < -0.4 is 5.32 Å². The Bertz CT molecular complexity index is 643. The van der Waals surface area contributed by atoms with Gasteiger partial charge in [-0.25, -0.2) is 0 Å². The van der Waals surface area contributed by atoms with Gasteiger partial charge in [0.25, 0.3) is 5.91 Å². The van der Waals surface area contributed by atoms with E-state index in [1.165, 1.54) is 6.42 Å². The molecule has 1 aromatic heterocycles. The number of fused-ring (bicyclic) bond motifs is 1. The molecule has 3 rings (SSSR count). The fourth-order valence-electron chi connectivity index (χ4n) is 2.89. The normalized spacial score (nSPS) is 22.7. The summed E-state index contributed by atoms with van der Waals surface area (Å²) in [7, 11) is 0. The van der Waals surface area contributed by atoms with Crippen LogP contribution in [0.2, 0.25) is 0 Å². The highest BCUT2D eigenvalue weighted by Gasteiger charge is 2.23. The second-order valence-electron chi connectivity index (χ2n) is 5.64. The number of aromatic nitrogens is 1. The number of carbonyl (C=O) groups is 1. The molecule has 0 spiro atoms. The summed E-state index contributed by atoms with van der Waals surface area (Å²) < 4.78 is 0. The Hall–Kier alpha value is -1.61. The average Bonchev–Trinajstić information content (AvgIpc) is 2.72. The fourth-order valence-corrected chi connectivity index (χ4v) is 3.24. The molecule has 1 aromatic carbocycles. The van der Waals surface area contributed by atoms with Crippen LogP contribution in [0, 0.1) is 0 Å². The smallest absolute Gasteiger partial charge is 0.251 e. The zero-order chi connectivity index (χ0) is 14.7. The summed E-state index contributed by atoms with van der Waals surface area (Å²) in [5, 5.41) is 4.12. The number of pyridine rings is 1. The molecule has 2 unspecified atom stereocenters. The molecule has 0 saturated heterocycles. The van der Waals surface area contributed by atoms with Crippen LogP contribution in [0.1, 0.15) is 42.5 Å². The number of nitrogens with zero attached hydrogens (tertiary/aromatic N) is 1. The van der Waals surface area contributed by atoms with E-state index >= 15 is 0 Å². The van der Waals surface area contributed by atoms with Gasteiger partial charge in [0.1, 0.15) is 0 Å². The Kier molecular flexibility index (Phi) is 4.39. The number of rotatable bonds is 2. The van der Waals surface area contributed by atoms with E-state index in [9.17, 15) is 4.79 Å². The highest BCUT2D eigenvalue weighted by molar-refractivity contribution is 6.21. The maximum atomic E-state index is 12.4. The van der Waals surface area contributed by atoms with Gasteiger partial charge in [0, 0.05) is 23.2 Å². The highest BCUT2D eigenvalue weighted by Crippen LogP contribution is 2.23. The molecule has 1 fully saturated rings. The first-order chi connectivity index (χ1) is 10.2. The predicted octanol–water partition coefficient (Wildman–Crippen LogP) is 3.90. The first-order valence-corrected chi connectivity index (χ1v) is 7.97. The minimum absolute atomic E-state index is 0.0403. The van der Waals surface area contributed by atoms with Gasteiger partial charge in [-0.05, 0) is 37.1 Å². The van der Waals surface area contributed by atoms with Gasteiger partial charge < -0.3 is 5.32 Å². The standard InChI is InChI=1S/C17H19ClN2O/c18-14-6-2-1-3-7-16(14)20-17(21)13-8-9-15-12(11-13)5-4-10-19-15/h4-5,8-11,14,16H,1-3,6-7H2,(H,20,21). The zero-order valence-corrected chi connectivity index (χ0v) is 12.6. The molecule has 0 aliphatic heterocycles. The molecule has 21 heavy (non-hydrogen) atoms. The summed E-state index contributed by atoms with van der Waals surface area (Å²) in [6.07, 6.45) is 7.20. The Morgan fingerprint density at radius 2 is 2.05 bits per heavy atom. The van der Waals surface area contributed by atoms with Crippen molar-refractivity contribution in [1.82, 2.24) is 10.3 Å². The summed E-state index contributed by atoms with van der Waals surface area (Å²) in [4.78, 5) is 16.7. The minimum atomic E-state index is -0.0432. The molecule has 2 atom stereocenters. The van der Waals surface area contributed by atoms with Gasteiger partial charge in [0.15, 0.2) is 0 Å². The van der Waals surface area contributed by atoms with Crippen molar-refractivity contribution in [3.05, 3.63) is 42.1 Å². The molecule has 2 aromatic rings. The summed E-state index contributed by atoms with van der Waals surface area (Å²) in [5.41, 5.74) is 1.57. The van der Waals surface area contributed by atoms with E-state index in [4.69, 9.17) is 11.6 Å². The summed E-state index contributed by atoms with van der Waals surface area (Å²) in [6, 6.07) is 9.52. The van der Waals surface area contributed by atoms with Gasteiger partial charge in [-0.3, -0.25) is 9.78 Å². The molecule has 1 aliphatic rings. The van der Waals surface area contributed by atoms with E-state index in [-0.39, 0.29) is 17.3 Å². The van der Waals surface area contributed by atoms with E-state index in [0.29, 0.717) is 5.56 Å². The van der Waals surface area contributed by atoms with Crippen molar-refractivity contribution < 1.29 is 4.79 Å². The number of alkyl halides is 1.